The van der Waals surface area contributed by atoms with Crippen LogP contribution in [0.25, 0.3) is 0 Å². The lowest BCUT2D eigenvalue weighted by Gasteiger charge is -2.29. The van der Waals surface area contributed by atoms with Crippen molar-refractivity contribution in [2.24, 2.45) is 0 Å². The fraction of sp³-hybridized carbons (Fsp3) is 0.520. The summed E-state index contributed by atoms with van der Waals surface area (Å²) in [6.07, 6.45) is -4.23. The third-order valence-electron chi connectivity index (χ3n) is 7.25. The van der Waals surface area contributed by atoms with Crippen molar-refractivity contribution in [1.82, 2.24) is 14.9 Å². The number of halogens is 3. The number of morpholine rings is 1. The lowest BCUT2D eigenvalue weighted by molar-refractivity contribution is -0.169. The molecule has 1 aromatic carbocycles. The fourth-order valence-electron chi connectivity index (χ4n) is 5.26. The van der Waals surface area contributed by atoms with Crippen LogP contribution in [-0.4, -0.2) is 71.9 Å². The molecule has 13 heteroatoms. The van der Waals surface area contributed by atoms with E-state index in [9.17, 15) is 18.0 Å². The van der Waals surface area contributed by atoms with E-state index in [0.29, 0.717) is 36.7 Å². The van der Waals surface area contributed by atoms with Crippen LogP contribution in [0.4, 0.5) is 36.2 Å². The molecule has 4 heterocycles. The number of amides is 1. The van der Waals surface area contributed by atoms with Gasteiger partial charge in [0.2, 0.25) is 5.91 Å². The topological polar surface area (TPSA) is 121 Å². The number of carbonyl (C=O) groups is 1. The van der Waals surface area contributed by atoms with Crippen LogP contribution in [0.1, 0.15) is 38.1 Å². The maximum atomic E-state index is 13.5. The lowest BCUT2D eigenvalue weighted by Crippen LogP contribution is -2.45. The summed E-state index contributed by atoms with van der Waals surface area (Å²) in [4.78, 5) is 26.8. The summed E-state index contributed by atoms with van der Waals surface area (Å²) in [7, 11) is 0. The lowest BCUT2D eigenvalue weighted by atomic mass is 9.87. The molecule has 1 aromatic heterocycles. The number of hydrogen-bond acceptors (Lipinski definition) is 8. The molecule has 3 N–H and O–H groups in total. The highest BCUT2D eigenvalue weighted by Gasteiger charge is 2.49. The first kappa shape index (κ1) is 26.0. The number of amidine groups is 1. The molecular weight excluding hydrogens is 503 g/mol. The van der Waals surface area contributed by atoms with E-state index in [-0.39, 0.29) is 37.1 Å². The molecule has 204 valence electrons. The van der Waals surface area contributed by atoms with Gasteiger partial charge in [-0.15, -0.1) is 0 Å². The molecule has 2 aromatic rings. The second-order valence-electron chi connectivity index (χ2n) is 10.1. The smallest absolute Gasteiger partial charge is 0.408 e. The zero-order valence-electron chi connectivity index (χ0n) is 21.2. The van der Waals surface area contributed by atoms with Crippen LogP contribution in [0.5, 0.6) is 0 Å². The molecule has 3 aliphatic rings. The molecule has 3 aliphatic heterocycles. The number of fused-ring (bicyclic) bond motifs is 1. The minimum Gasteiger partial charge on any atom is -0.457 e. The van der Waals surface area contributed by atoms with Gasteiger partial charge in [0.1, 0.15) is 17.7 Å². The molecule has 1 amide bonds. The first-order valence-corrected chi connectivity index (χ1v) is 12.5. The van der Waals surface area contributed by atoms with E-state index < -0.39 is 23.7 Å². The Morgan fingerprint density at radius 3 is 2.47 bits per heavy atom. The SMILES string of the molecule is CC1(C)C(=O)N(c2ccc(N3CCOCC3)cc2)c2nc(COC(=N)N3CCC[C@@H]3C(F)(F)F)nc(N)c21. The minimum atomic E-state index is -4.45. The van der Waals surface area contributed by atoms with Crippen LogP contribution in [0.3, 0.4) is 0 Å². The summed E-state index contributed by atoms with van der Waals surface area (Å²) < 4.78 is 50.7. The second-order valence-corrected chi connectivity index (χ2v) is 10.1. The number of likely N-dealkylation sites (tertiary alicyclic amines) is 1. The number of ether oxygens (including phenoxy) is 2. The highest BCUT2D eigenvalue weighted by molar-refractivity contribution is 6.12. The highest BCUT2D eigenvalue weighted by atomic mass is 19.4. The van der Waals surface area contributed by atoms with E-state index in [2.05, 4.69) is 14.9 Å². The van der Waals surface area contributed by atoms with E-state index in [0.717, 1.165) is 23.7 Å². The van der Waals surface area contributed by atoms with Gasteiger partial charge in [-0.3, -0.25) is 15.1 Å². The number of alkyl halides is 3. The summed E-state index contributed by atoms with van der Waals surface area (Å²) in [6, 6.07) is 5.18. The van der Waals surface area contributed by atoms with Crippen LogP contribution < -0.4 is 15.5 Å². The number of rotatable bonds is 4. The van der Waals surface area contributed by atoms with Crippen molar-refractivity contribution in [3.8, 4) is 0 Å². The van der Waals surface area contributed by atoms with Gasteiger partial charge in [0, 0.05) is 25.3 Å². The molecule has 38 heavy (non-hydrogen) atoms. The molecule has 2 fully saturated rings. The number of nitrogen functional groups attached to an aromatic ring is 1. The molecule has 5 rings (SSSR count). The molecule has 0 radical (unpaired) electrons. The van der Waals surface area contributed by atoms with Crippen molar-refractivity contribution >= 4 is 34.9 Å². The van der Waals surface area contributed by atoms with Crippen molar-refractivity contribution in [3.63, 3.8) is 0 Å². The van der Waals surface area contributed by atoms with E-state index in [1.54, 1.807) is 13.8 Å². The molecule has 2 saturated heterocycles. The Morgan fingerprint density at radius 1 is 1.16 bits per heavy atom. The van der Waals surface area contributed by atoms with E-state index in [1.165, 1.54) is 4.90 Å². The first-order chi connectivity index (χ1) is 18.0. The number of carbonyl (C=O) groups excluding carboxylic acids is 1. The Labute approximate surface area is 218 Å². The Morgan fingerprint density at radius 2 is 1.82 bits per heavy atom. The number of anilines is 4. The van der Waals surface area contributed by atoms with Gasteiger partial charge < -0.3 is 25.0 Å². The average Bonchev–Trinajstić information content (AvgIpc) is 3.45. The Bertz CT molecular complexity index is 1230. The number of nitrogens with zero attached hydrogens (tertiary/aromatic N) is 5. The predicted octanol–water partition coefficient (Wildman–Crippen LogP) is 3.33. The number of nitrogens with two attached hydrogens (primary N) is 1. The van der Waals surface area contributed by atoms with Gasteiger partial charge in [0.05, 0.1) is 29.9 Å². The number of benzene rings is 1. The van der Waals surface area contributed by atoms with Gasteiger partial charge in [0.15, 0.2) is 12.4 Å². The normalized spacial score (nSPS) is 21.1. The fourth-order valence-corrected chi connectivity index (χ4v) is 5.26. The van der Waals surface area contributed by atoms with Gasteiger partial charge in [-0.1, -0.05) is 0 Å². The Kier molecular flexibility index (Phi) is 6.58. The maximum absolute atomic E-state index is 13.5. The van der Waals surface area contributed by atoms with Gasteiger partial charge in [-0.2, -0.15) is 13.2 Å². The second kappa shape index (κ2) is 9.61. The van der Waals surface area contributed by atoms with Crippen LogP contribution in [0, 0.1) is 5.41 Å². The predicted molar refractivity (Wildman–Crippen MR) is 134 cm³/mol. The third-order valence-corrected chi connectivity index (χ3v) is 7.25. The van der Waals surface area contributed by atoms with Gasteiger partial charge >= 0.3 is 6.18 Å². The molecule has 10 nitrogen and oxygen atoms in total. The molecule has 0 aliphatic carbocycles. The number of nitrogens with one attached hydrogen (secondary N) is 1. The summed E-state index contributed by atoms with van der Waals surface area (Å²) in [5.41, 5.74) is 7.34. The van der Waals surface area contributed by atoms with Gasteiger partial charge in [0.25, 0.3) is 6.02 Å². The summed E-state index contributed by atoms with van der Waals surface area (Å²) in [5, 5.41) is 8.07. The van der Waals surface area contributed by atoms with E-state index in [4.69, 9.17) is 20.6 Å². The van der Waals surface area contributed by atoms with Gasteiger partial charge in [-0.05, 0) is 51.0 Å². The first-order valence-electron chi connectivity index (χ1n) is 12.5. The highest BCUT2D eigenvalue weighted by Crippen LogP contribution is 2.46. The summed E-state index contributed by atoms with van der Waals surface area (Å²) in [6.45, 7) is 6.06. The average molecular weight is 534 g/mol. The molecule has 0 saturated carbocycles. The van der Waals surface area contributed by atoms with Crippen molar-refractivity contribution < 1.29 is 27.4 Å². The molecule has 0 spiro atoms. The minimum absolute atomic E-state index is 0.0641. The van der Waals surface area contributed by atoms with Gasteiger partial charge in [-0.25, -0.2) is 9.97 Å². The summed E-state index contributed by atoms with van der Waals surface area (Å²) >= 11 is 0. The maximum Gasteiger partial charge on any atom is 0.408 e. The van der Waals surface area contributed by atoms with E-state index in [1.807, 2.05) is 24.3 Å². The van der Waals surface area contributed by atoms with Crippen molar-refractivity contribution in [2.45, 2.75) is 50.9 Å². The van der Waals surface area contributed by atoms with Crippen molar-refractivity contribution in [1.29, 1.82) is 5.41 Å². The number of aromatic nitrogens is 2. The zero-order valence-corrected chi connectivity index (χ0v) is 21.2. The summed E-state index contributed by atoms with van der Waals surface area (Å²) in [5.74, 6) is 0.212. The molecule has 0 bridgehead atoms. The zero-order chi connectivity index (χ0) is 27.2. The van der Waals surface area contributed by atoms with Crippen LogP contribution in [-0.2, 0) is 26.3 Å². The molecule has 1 atom stereocenters. The van der Waals surface area contributed by atoms with E-state index >= 15 is 0 Å². The third kappa shape index (κ3) is 4.59. The molecule has 0 unspecified atom stereocenters. The number of hydrogen-bond donors (Lipinski definition) is 2. The Balaban J connectivity index is 1.39. The molecular formula is C25H30F3N7O3. The van der Waals surface area contributed by atoms with Crippen LogP contribution >= 0.6 is 0 Å². The van der Waals surface area contributed by atoms with Crippen LogP contribution in [0.15, 0.2) is 24.3 Å². The largest absolute Gasteiger partial charge is 0.457 e. The Hall–Kier alpha value is -3.61. The monoisotopic (exact) mass is 533 g/mol. The standard InChI is InChI=1S/C25H30F3N7O3/c1-24(2)19-20(29)31-18(14-38-23(30)34-9-3-4-17(34)25(26,27)28)32-21(19)35(22(24)36)16-7-5-15(6-8-16)33-10-12-37-13-11-33/h5-8,17,30H,3-4,9-14H2,1-2H3,(H2,29,31,32)/t17-/m1/s1. The quantitative estimate of drug-likeness (QED) is 0.454. The van der Waals surface area contributed by atoms with Crippen molar-refractivity contribution in [2.75, 3.05) is 48.4 Å². The van der Waals surface area contributed by atoms with Crippen molar-refractivity contribution in [3.05, 3.63) is 35.7 Å². The van der Waals surface area contributed by atoms with Crippen LogP contribution in [0.2, 0.25) is 0 Å².